The minimum atomic E-state index is -0.181. The van der Waals surface area contributed by atoms with Crippen LogP contribution in [0.15, 0.2) is 18.2 Å². The van der Waals surface area contributed by atoms with E-state index in [4.69, 9.17) is 0 Å². The largest absolute Gasteiger partial charge is 0.394 e. The Labute approximate surface area is 146 Å². The van der Waals surface area contributed by atoms with Crippen molar-refractivity contribution in [3.8, 4) is 5.69 Å². The normalized spacial score (nSPS) is 23.2. The van der Waals surface area contributed by atoms with Gasteiger partial charge in [0.1, 0.15) is 0 Å². The van der Waals surface area contributed by atoms with Crippen molar-refractivity contribution in [1.82, 2.24) is 25.1 Å². The van der Waals surface area contributed by atoms with E-state index in [1.807, 2.05) is 36.9 Å². The fourth-order valence-electron chi connectivity index (χ4n) is 3.89. The maximum absolute atomic E-state index is 12.8. The lowest BCUT2D eigenvalue weighted by atomic mass is 10.1. The summed E-state index contributed by atoms with van der Waals surface area (Å²) in [5.74, 6) is 0.930. The molecule has 4 rings (SSSR count). The van der Waals surface area contributed by atoms with Crippen LogP contribution in [-0.4, -0.2) is 48.8 Å². The summed E-state index contributed by atoms with van der Waals surface area (Å²) in [6.45, 7) is 4.05. The molecule has 0 radical (unpaired) electrons. The number of aryl methyl sites for hydroxylation is 2. The second-order valence-corrected chi connectivity index (χ2v) is 7.14. The monoisotopic (exact) mass is 341 g/mol. The van der Waals surface area contributed by atoms with Gasteiger partial charge in [-0.15, -0.1) is 5.10 Å². The van der Waals surface area contributed by atoms with E-state index in [-0.39, 0.29) is 30.5 Å². The molecule has 1 aromatic heterocycles. The summed E-state index contributed by atoms with van der Waals surface area (Å²) in [5.41, 5.74) is 3.14. The van der Waals surface area contributed by atoms with E-state index in [0.717, 1.165) is 42.5 Å². The molecule has 1 aromatic carbocycles. The van der Waals surface area contributed by atoms with Crippen molar-refractivity contribution in [1.29, 1.82) is 0 Å². The zero-order valence-corrected chi connectivity index (χ0v) is 14.6. The number of hydrogen-bond donors (Lipinski definition) is 1. The number of carbonyl (C=O) groups is 1. The second kappa shape index (κ2) is 6.22. The maximum Gasteiger partial charge on any atom is 0.226 e. The third-order valence-electron chi connectivity index (χ3n) is 5.34. The fourth-order valence-corrected chi connectivity index (χ4v) is 3.89. The Morgan fingerprint density at radius 3 is 2.56 bits per heavy atom. The van der Waals surface area contributed by atoms with Gasteiger partial charge < -0.3 is 10.0 Å². The summed E-state index contributed by atoms with van der Waals surface area (Å²) < 4.78 is 1.77. The van der Waals surface area contributed by atoms with E-state index >= 15 is 0 Å². The van der Waals surface area contributed by atoms with Crippen molar-refractivity contribution in [3.63, 3.8) is 0 Å². The van der Waals surface area contributed by atoms with Crippen molar-refractivity contribution in [2.45, 2.75) is 51.6 Å². The van der Waals surface area contributed by atoms with Gasteiger partial charge in [0, 0.05) is 5.92 Å². The third-order valence-corrected chi connectivity index (χ3v) is 5.34. The number of carbonyl (C=O) groups excluding carboxylic acids is 1. The summed E-state index contributed by atoms with van der Waals surface area (Å²) in [7, 11) is 0. The molecule has 7 heteroatoms. The standard InChI is InChI=1S/C18H23N5O2/c1-11-4-3-5-12(2)16(11)23-17(19-20-21-23)15-9-8-14(10-24)22(15)18(25)13-6-7-13/h3-5,13-15,24H,6-10H2,1-2H3/t14-,15+/m0/s1. The van der Waals surface area contributed by atoms with Crippen LogP contribution in [0.3, 0.4) is 0 Å². The van der Waals surface area contributed by atoms with Gasteiger partial charge in [-0.3, -0.25) is 4.79 Å². The molecule has 2 aromatic rings. The number of para-hydroxylation sites is 1. The van der Waals surface area contributed by atoms with Crippen LogP contribution in [-0.2, 0) is 4.79 Å². The first-order valence-electron chi connectivity index (χ1n) is 8.89. The van der Waals surface area contributed by atoms with E-state index in [9.17, 15) is 9.90 Å². The highest BCUT2D eigenvalue weighted by molar-refractivity contribution is 5.82. The highest BCUT2D eigenvalue weighted by atomic mass is 16.3. The molecule has 1 saturated heterocycles. The van der Waals surface area contributed by atoms with E-state index in [1.165, 1.54) is 0 Å². The van der Waals surface area contributed by atoms with Gasteiger partial charge >= 0.3 is 0 Å². The SMILES string of the molecule is Cc1cccc(C)c1-n1nnnc1[C@H]1CC[C@@H](CO)N1C(=O)C1CC1. The number of nitrogens with zero attached hydrogens (tertiary/aromatic N) is 5. The summed E-state index contributed by atoms with van der Waals surface area (Å²) in [4.78, 5) is 14.6. The first-order valence-corrected chi connectivity index (χ1v) is 8.89. The molecule has 1 saturated carbocycles. The zero-order chi connectivity index (χ0) is 17.6. The number of likely N-dealkylation sites (tertiary alicyclic amines) is 1. The predicted molar refractivity (Wildman–Crippen MR) is 91.0 cm³/mol. The number of tetrazole rings is 1. The quantitative estimate of drug-likeness (QED) is 0.915. The molecular formula is C18H23N5O2. The van der Waals surface area contributed by atoms with Crippen LogP contribution >= 0.6 is 0 Å². The zero-order valence-electron chi connectivity index (χ0n) is 14.6. The molecule has 2 fully saturated rings. The van der Waals surface area contributed by atoms with Gasteiger partial charge in [-0.1, -0.05) is 18.2 Å². The van der Waals surface area contributed by atoms with Gasteiger partial charge in [-0.05, 0) is 61.1 Å². The van der Waals surface area contributed by atoms with Crippen LogP contribution in [0.4, 0.5) is 0 Å². The van der Waals surface area contributed by atoms with Crippen LogP contribution in [0.25, 0.3) is 5.69 Å². The molecule has 0 spiro atoms. The van der Waals surface area contributed by atoms with Crippen molar-refractivity contribution in [2.24, 2.45) is 5.92 Å². The Balaban J connectivity index is 1.75. The van der Waals surface area contributed by atoms with E-state index in [0.29, 0.717) is 5.82 Å². The van der Waals surface area contributed by atoms with Gasteiger partial charge in [0.2, 0.25) is 5.91 Å². The van der Waals surface area contributed by atoms with E-state index < -0.39 is 0 Å². The second-order valence-electron chi connectivity index (χ2n) is 7.14. The minimum absolute atomic E-state index is 0.0140. The number of aliphatic hydroxyl groups is 1. The molecule has 1 N–H and O–H groups in total. The summed E-state index contributed by atoms with van der Waals surface area (Å²) in [5, 5.41) is 22.1. The Morgan fingerprint density at radius 2 is 1.92 bits per heavy atom. The average molecular weight is 341 g/mol. The number of amides is 1. The van der Waals surface area contributed by atoms with E-state index in [1.54, 1.807) is 4.68 Å². The Bertz CT molecular complexity index is 778. The summed E-state index contributed by atoms with van der Waals surface area (Å²) >= 11 is 0. The van der Waals surface area contributed by atoms with Crippen LogP contribution in [0.1, 0.15) is 48.7 Å². The van der Waals surface area contributed by atoms with Gasteiger partial charge in [-0.2, -0.15) is 4.68 Å². The molecule has 2 heterocycles. The summed E-state index contributed by atoms with van der Waals surface area (Å²) in [6.07, 6.45) is 3.44. The lowest BCUT2D eigenvalue weighted by Gasteiger charge is -2.29. The topological polar surface area (TPSA) is 84.1 Å². The highest BCUT2D eigenvalue weighted by Gasteiger charge is 2.45. The molecule has 0 unspecified atom stereocenters. The van der Waals surface area contributed by atoms with Gasteiger partial charge in [0.25, 0.3) is 0 Å². The first-order chi connectivity index (χ1) is 12.1. The van der Waals surface area contributed by atoms with Crippen molar-refractivity contribution in [2.75, 3.05) is 6.61 Å². The number of aliphatic hydroxyl groups excluding tert-OH is 1. The number of hydrogen-bond acceptors (Lipinski definition) is 5. The molecule has 1 aliphatic carbocycles. The van der Waals surface area contributed by atoms with Gasteiger partial charge in [0.05, 0.1) is 24.4 Å². The molecule has 132 valence electrons. The molecular weight excluding hydrogens is 318 g/mol. The molecule has 0 bridgehead atoms. The van der Waals surface area contributed by atoms with Gasteiger partial charge in [0.15, 0.2) is 5.82 Å². The van der Waals surface area contributed by atoms with Crippen molar-refractivity contribution >= 4 is 5.91 Å². The van der Waals surface area contributed by atoms with E-state index in [2.05, 4.69) is 15.5 Å². The molecule has 1 aliphatic heterocycles. The Hall–Kier alpha value is -2.28. The molecule has 7 nitrogen and oxygen atoms in total. The number of benzene rings is 1. The van der Waals surface area contributed by atoms with Crippen LogP contribution in [0, 0.1) is 19.8 Å². The van der Waals surface area contributed by atoms with Crippen molar-refractivity contribution < 1.29 is 9.90 Å². The smallest absolute Gasteiger partial charge is 0.226 e. The van der Waals surface area contributed by atoms with Gasteiger partial charge in [-0.25, -0.2) is 0 Å². The molecule has 25 heavy (non-hydrogen) atoms. The Morgan fingerprint density at radius 1 is 1.20 bits per heavy atom. The fraction of sp³-hybridized carbons (Fsp3) is 0.556. The van der Waals surface area contributed by atoms with Crippen molar-refractivity contribution in [3.05, 3.63) is 35.2 Å². The third kappa shape index (κ3) is 2.72. The molecule has 2 aliphatic rings. The maximum atomic E-state index is 12.8. The highest BCUT2D eigenvalue weighted by Crippen LogP contribution is 2.41. The lowest BCUT2D eigenvalue weighted by Crippen LogP contribution is -2.41. The predicted octanol–water partition coefficient (Wildman–Crippen LogP) is 1.71. The molecule has 1 amide bonds. The minimum Gasteiger partial charge on any atom is -0.394 e. The van der Waals surface area contributed by atoms with Crippen LogP contribution in [0.5, 0.6) is 0 Å². The molecule has 2 atom stereocenters. The average Bonchev–Trinajstić information content (AvgIpc) is 3.19. The Kier molecular flexibility index (Phi) is 4.03. The lowest BCUT2D eigenvalue weighted by molar-refractivity contribution is -0.136. The summed E-state index contributed by atoms with van der Waals surface area (Å²) in [6, 6.07) is 5.76. The number of rotatable bonds is 4. The van der Waals surface area contributed by atoms with Crippen LogP contribution in [0.2, 0.25) is 0 Å². The van der Waals surface area contributed by atoms with Crippen LogP contribution < -0.4 is 0 Å². The first kappa shape index (κ1) is 16.2. The number of aromatic nitrogens is 4.